The minimum atomic E-state index is 0.479. The fourth-order valence-electron chi connectivity index (χ4n) is 3.57. The lowest BCUT2D eigenvalue weighted by Crippen LogP contribution is -2.38. The van der Waals surface area contributed by atoms with Crippen LogP contribution in [0.1, 0.15) is 31.6 Å². The Labute approximate surface area is 128 Å². The van der Waals surface area contributed by atoms with E-state index >= 15 is 0 Å². The van der Waals surface area contributed by atoms with Gasteiger partial charge in [0.15, 0.2) is 0 Å². The van der Waals surface area contributed by atoms with Crippen molar-refractivity contribution in [2.24, 2.45) is 5.92 Å². The second-order valence-corrected chi connectivity index (χ2v) is 6.43. The Hall–Kier alpha value is -1.46. The van der Waals surface area contributed by atoms with Crippen LogP contribution in [0.2, 0.25) is 5.02 Å². The summed E-state index contributed by atoms with van der Waals surface area (Å²) in [5.74, 6) is 1.81. The van der Waals surface area contributed by atoms with Crippen LogP contribution in [0.5, 0.6) is 0 Å². The molecule has 2 unspecified atom stereocenters. The van der Waals surface area contributed by atoms with Crippen LogP contribution in [0.15, 0.2) is 22.9 Å². The highest BCUT2D eigenvalue weighted by Crippen LogP contribution is 2.33. The number of aromatic nitrogens is 3. The zero-order valence-electron chi connectivity index (χ0n) is 11.6. The zero-order chi connectivity index (χ0) is 14.2. The SMILES string of the molecule is Clc1cccnc1-c1noc(CC2CC3CCC(C2)N3)n1. The van der Waals surface area contributed by atoms with Crippen molar-refractivity contribution >= 4 is 11.6 Å². The average molecular weight is 305 g/mol. The van der Waals surface area contributed by atoms with E-state index in [1.54, 1.807) is 18.3 Å². The van der Waals surface area contributed by atoms with Crippen molar-refractivity contribution < 1.29 is 4.52 Å². The Morgan fingerprint density at radius 2 is 2.10 bits per heavy atom. The fraction of sp³-hybridized carbons (Fsp3) is 0.533. The summed E-state index contributed by atoms with van der Waals surface area (Å²) < 4.78 is 5.39. The van der Waals surface area contributed by atoms with E-state index in [4.69, 9.17) is 16.1 Å². The topological polar surface area (TPSA) is 63.8 Å². The van der Waals surface area contributed by atoms with Crippen LogP contribution in [0.25, 0.3) is 11.5 Å². The molecule has 5 nitrogen and oxygen atoms in total. The van der Waals surface area contributed by atoms with Gasteiger partial charge in [0.2, 0.25) is 11.7 Å². The standard InChI is InChI=1S/C15H17ClN4O/c16-12-2-1-5-17-14(12)15-19-13(21-20-15)8-9-6-10-3-4-11(7-9)18-10/h1-2,5,9-11,18H,3-4,6-8H2. The number of hydrogen-bond acceptors (Lipinski definition) is 5. The molecule has 0 spiro atoms. The predicted molar refractivity (Wildman–Crippen MR) is 78.9 cm³/mol. The first-order chi connectivity index (χ1) is 10.3. The van der Waals surface area contributed by atoms with Crippen molar-refractivity contribution in [3.8, 4) is 11.5 Å². The molecule has 0 amide bonds. The van der Waals surface area contributed by atoms with E-state index in [1.807, 2.05) is 0 Å². The molecule has 1 N–H and O–H groups in total. The molecule has 2 aromatic heterocycles. The van der Waals surface area contributed by atoms with Gasteiger partial charge >= 0.3 is 0 Å². The van der Waals surface area contributed by atoms with Crippen LogP contribution < -0.4 is 5.32 Å². The third kappa shape index (κ3) is 2.68. The Balaban J connectivity index is 1.49. The van der Waals surface area contributed by atoms with E-state index < -0.39 is 0 Å². The molecule has 110 valence electrons. The Kier molecular flexibility index (Phi) is 3.39. The molecule has 0 saturated carbocycles. The summed E-state index contributed by atoms with van der Waals surface area (Å²) in [4.78, 5) is 8.68. The number of piperidine rings is 1. The molecule has 6 heteroatoms. The molecule has 0 radical (unpaired) electrons. The highest BCUT2D eigenvalue weighted by Gasteiger charge is 2.34. The van der Waals surface area contributed by atoms with Gasteiger partial charge in [-0.25, -0.2) is 0 Å². The Bertz CT molecular complexity index is 632. The number of fused-ring (bicyclic) bond motifs is 2. The number of pyridine rings is 1. The third-order valence-corrected chi connectivity index (χ3v) is 4.78. The quantitative estimate of drug-likeness (QED) is 0.944. The largest absolute Gasteiger partial charge is 0.339 e. The number of rotatable bonds is 3. The number of halogens is 1. The molecule has 2 fully saturated rings. The van der Waals surface area contributed by atoms with Crippen LogP contribution >= 0.6 is 11.6 Å². The van der Waals surface area contributed by atoms with Gasteiger partial charge in [-0.15, -0.1) is 0 Å². The van der Waals surface area contributed by atoms with Gasteiger partial charge in [0.1, 0.15) is 5.69 Å². The van der Waals surface area contributed by atoms with Gasteiger partial charge in [-0.05, 0) is 43.7 Å². The smallest absolute Gasteiger partial charge is 0.227 e. The molecule has 2 saturated heterocycles. The fourth-order valence-corrected chi connectivity index (χ4v) is 3.78. The number of nitrogens with one attached hydrogen (secondary N) is 1. The van der Waals surface area contributed by atoms with Crippen molar-refractivity contribution in [3.05, 3.63) is 29.2 Å². The van der Waals surface area contributed by atoms with E-state index in [2.05, 4.69) is 20.4 Å². The maximum absolute atomic E-state index is 6.11. The molecule has 4 heterocycles. The highest BCUT2D eigenvalue weighted by atomic mass is 35.5. The molecule has 0 aromatic carbocycles. The molecule has 2 aromatic rings. The molecule has 4 rings (SSSR count). The first-order valence-electron chi connectivity index (χ1n) is 7.47. The van der Waals surface area contributed by atoms with Gasteiger partial charge < -0.3 is 9.84 Å². The monoisotopic (exact) mass is 304 g/mol. The van der Waals surface area contributed by atoms with E-state index in [0.717, 1.165) is 6.42 Å². The van der Waals surface area contributed by atoms with Crippen molar-refractivity contribution in [3.63, 3.8) is 0 Å². The van der Waals surface area contributed by atoms with Gasteiger partial charge in [0.25, 0.3) is 0 Å². The summed E-state index contributed by atoms with van der Waals surface area (Å²) in [6.07, 6.45) is 7.56. The van der Waals surface area contributed by atoms with Crippen LogP contribution in [-0.4, -0.2) is 27.2 Å². The van der Waals surface area contributed by atoms with Crippen LogP contribution in [0, 0.1) is 5.92 Å². The first-order valence-corrected chi connectivity index (χ1v) is 7.85. The summed E-state index contributed by atoms with van der Waals surface area (Å²) >= 11 is 6.11. The minimum Gasteiger partial charge on any atom is -0.339 e. The van der Waals surface area contributed by atoms with Crippen molar-refractivity contribution in [2.45, 2.75) is 44.2 Å². The van der Waals surface area contributed by atoms with E-state index in [-0.39, 0.29) is 0 Å². The second-order valence-electron chi connectivity index (χ2n) is 6.02. The van der Waals surface area contributed by atoms with Gasteiger partial charge in [0, 0.05) is 24.7 Å². The molecule has 2 aliphatic rings. The third-order valence-electron chi connectivity index (χ3n) is 4.47. The molecule has 2 bridgehead atoms. The zero-order valence-corrected chi connectivity index (χ0v) is 12.4. The van der Waals surface area contributed by atoms with E-state index in [0.29, 0.717) is 40.4 Å². The summed E-state index contributed by atoms with van der Waals surface area (Å²) in [5, 5.41) is 8.21. The van der Waals surface area contributed by atoms with Gasteiger partial charge in [-0.3, -0.25) is 4.98 Å². The van der Waals surface area contributed by atoms with Crippen LogP contribution in [0.4, 0.5) is 0 Å². The Morgan fingerprint density at radius 1 is 1.29 bits per heavy atom. The summed E-state index contributed by atoms with van der Waals surface area (Å²) in [6.45, 7) is 0. The van der Waals surface area contributed by atoms with E-state index in [9.17, 15) is 0 Å². The summed E-state index contributed by atoms with van der Waals surface area (Å²) in [6, 6.07) is 4.94. The lowest BCUT2D eigenvalue weighted by molar-refractivity contribution is 0.270. The van der Waals surface area contributed by atoms with Crippen molar-refractivity contribution in [1.29, 1.82) is 0 Å². The predicted octanol–water partition coefficient (Wildman–Crippen LogP) is 2.86. The number of hydrogen-bond donors (Lipinski definition) is 1. The van der Waals surface area contributed by atoms with E-state index in [1.165, 1.54) is 25.7 Å². The minimum absolute atomic E-state index is 0.479. The summed E-state index contributed by atoms with van der Waals surface area (Å²) in [7, 11) is 0. The van der Waals surface area contributed by atoms with Crippen LogP contribution in [-0.2, 0) is 6.42 Å². The number of nitrogens with zero attached hydrogens (tertiary/aromatic N) is 3. The molecular weight excluding hydrogens is 288 g/mol. The van der Waals surface area contributed by atoms with Crippen molar-refractivity contribution in [1.82, 2.24) is 20.4 Å². The molecule has 0 aliphatic carbocycles. The molecule has 2 aliphatic heterocycles. The van der Waals surface area contributed by atoms with Gasteiger partial charge in [-0.2, -0.15) is 4.98 Å². The highest BCUT2D eigenvalue weighted by molar-refractivity contribution is 6.32. The van der Waals surface area contributed by atoms with Crippen LogP contribution in [0.3, 0.4) is 0 Å². The Morgan fingerprint density at radius 3 is 2.86 bits per heavy atom. The lowest BCUT2D eigenvalue weighted by Gasteiger charge is -2.27. The second kappa shape index (κ2) is 5.39. The molecule has 21 heavy (non-hydrogen) atoms. The first kappa shape index (κ1) is 13.2. The van der Waals surface area contributed by atoms with Gasteiger partial charge in [-0.1, -0.05) is 16.8 Å². The summed E-state index contributed by atoms with van der Waals surface area (Å²) in [5.41, 5.74) is 0.583. The molecular formula is C15H17ClN4O. The average Bonchev–Trinajstić information content (AvgIpc) is 3.06. The normalized spacial score (nSPS) is 28.0. The maximum atomic E-state index is 6.11. The van der Waals surface area contributed by atoms with Gasteiger partial charge in [0.05, 0.1) is 5.02 Å². The maximum Gasteiger partial charge on any atom is 0.227 e. The lowest BCUT2D eigenvalue weighted by atomic mass is 9.90. The van der Waals surface area contributed by atoms with Crippen molar-refractivity contribution in [2.75, 3.05) is 0 Å². The molecule has 2 atom stereocenters.